The summed E-state index contributed by atoms with van der Waals surface area (Å²) >= 11 is 3.42. The maximum atomic E-state index is 11.0. The minimum atomic E-state index is -0.977. The zero-order valence-corrected chi connectivity index (χ0v) is 15.9. The molecular formula is C21H17BrN2O3. The quantitative estimate of drug-likeness (QED) is 0.405. The number of hydrazone groups is 1. The molecule has 0 aliphatic rings. The van der Waals surface area contributed by atoms with E-state index in [0.717, 1.165) is 15.6 Å². The Morgan fingerprint density at radius 1 is 1.07 bits per heavy atom. The molecule has 0 aliphatic heterocycles. The zero-order chi connectivity index (χ0) is 19.1. The topological polar surface area (TPSA) is 70.9 Å². The number of aromatic carboxylic acids is 1. The number of hydrogen-bond acceptors (Lipinski definition) is 4. The fraction of sp³-hybridized carbons (Fsp3) is 0.0476. The van der Waals surface area contributed by atoms with Gasteiger partial charge in [-0.1, -0.05) is 46.3 Å². The van der Waals surface area contributed by atoms with Gasteiger partial charge in [0.2, 0.25) is 0 Å². The van der Waals surface area contributed by atoms with E-state index < -0.39 is 5.97 Å². The summed E-state index contributed by atoms with van der Waals surface area (Å²) in [6.45, 7) is 0.451. The van der Waals surface area contributed by atoms with Gasteiger partial charge in [0.1, 0.15) is 12.4 Å². The molecule has 0 saturated carbocycles. The number of nitrogens with zero attached hydrogens (tertiary/aromatic N) is 1. The lowest BCUT2D eigenvalue weighted by Gasteiger charge is -2.09. The summed E-state index contributed by atoms with van der Waals surface area (Å²) in [5.74, 6) is -0.264. The van der Waals surface area contributed by atoms with E-state index in [9.17, 15) is 4.79 Å². The van der Waals surface area contributed by atoms with Crippen LogP contribution in [0, 0.1) is 0 Å². The molecule has 0 heterocycles. The van der Waals surface area contributed by atoms with Gasteiger partial charge in [-0.3, -0.25) is 5.43 Å². The number of carboxylic acids is 1. The standard InChI is InChI=1S/C21H17BrN2O3/c22-18-10-8-15(9-11-18)14-27-20-7-2-1-4-17(20)13-23-24-19-6-3-5-16(12-19)21(25)26/h1-13,24H,14H2,(H,25,26). The highest BCUT2D eigenvalue weighted by atomic mass is 79.9. The number of para-hydroxylation sites is 1. The summed E-state index contributed by atoms with van der Waals surface area (Å²) in [6, 6.07) is 22.0. The van der Waals surface area contributed by atoms with Crippen molar-refractivity contribution >= 4 is 33.8 Å². The molecule has 6 heteroatoms. The first-order chi connectivity index (χ1) is 13.1. The predicted molar refractivity (Wildman–Crippen MR) is 110 cm³/mol. The molecule has 0 aromatic heterocycles. The van der Waals surface area contributed by atoms with E-state index in [1.54, 1.807) is 18.3 Å². The van der Waals surface area contributed by atoms with E-state index >= 15 is 0 Å². The van der Waals surface area contributed by atoms with Crippen molar-refractivity contribution in [2.75, 3.05) is 5.43 Å². The van der Waals surface area contributed by atoms with Crippen LogP contribution in [0.3, 0.4) is 0 Å². The average Bonchev–Trinajstić information content (AvgIpc) is 2.69. The lowest BCUT2D eigenvalue weighted by Crippen LogP contribution is -2.00. The van der Waals surface area contributed by atoms with Crippen LogP contribution in [-0.4, -0.2) is 17.3 Å². The van der Waals surface area contributed by atoms with Gasteiger partial charge in [-0.25, -0.2) is 4.79 Å². The van der Waals surface area contributed by atoms with Crippen LogP contribution in [0.5, 0.6) is 5.75 Å². The van der Waals surface area contributed by atoms with E-state index in [-0.39, 0.29) is 5.56 Å². The number of carboxylic acid groups (broad SMARTS) is 1. The summed E-state index contributed by atoms with van der Waals surface area (Å²) in [4.78, 5) is 11.0. The van der Waals surface area contributed by atoms with Crippen molar-refractivity contribution in [3.8, 4) is 5.75 Å². The molecule has 0 unspecified atom stereocenters. The van der Waals surface area contributed by atoms with Gasteiger partial charge in [-0.05, 0) is 48.0 Å². The van der Waals surface area contributed by atoms with Crippen LogP contribution in [0.4, 0.5) is 5.69 Å². The Bertz CT molecular complexity index is 956. The second-order valence-corrected chi connectivity index (χ2v) is 6.62. The molecule has 27 heavy (non-hydrogen) atoms. The second kappa shape index (κ2) is 9.00. The van der Waals surface area contributed by atoms with Crippen LogP contribution >= 0.6 is 15.9 Å². The second-order valence-electron chi connectivity index (χ2n) is 5.71. The van der Waals surface area contributed by atoms with Gasteiger partial charge in [0.05, 0.1) is 17.5 Å². The zero-order valence-electron chi connectivity index (χ0n) is 14.3. The largest absolute Gasteiger partial charge is 0.488 e. The molecule has 0 saturated heterocycles. The van der Waals surface area contributed by atoms with Crippen LogP contribution in [0.25, 0.3) is 0 Å². The van der Waals surface area contributed by atoms with Crippen molar-refractivity contribution < 1.29 is 14.6 Å². The summed E-state index contributed by atoms with van der Waals surface area (Å²) < 4.78 is 6.93. The van der Waals surface area contributed by atoms with E-state index in [1.165, 1.54) is 12.1 Å². The van der Waals surface area contributed by atoms with Crippen LogP contribution in [0.1, 0.15) is 21.5 Å². The molecule has 0 radical (unpaired) electrons. The van der Waals surface area contributed by atoms with Gasteiger partial charge < -0.3 is 9.84 Å². The lowest BCUT2D eigenvalue weighted by atomic mass is 10.2. The highest BCUT2D eigenvalue weighted by Crippen LogP contribution is 2.19. The number of halogens is 1. The fourth-order valence-electron chi connectivity index (χ4n) is 2.36. The first-order valence-electron chi connectivity index (χ1n) is 8.20. The smallest absolute Gasteiger partial charge is 0.335 e. The van der Waals surface area contributed by atoms with Gasteiger partial charge in [-0.2, -0.15) is 5.10 Å². The highest BCUT2D eigenvalue weighted by molar-refractivity contribution is 9.10. The third-order valence-electron chi connectivity index (χ3n) is 3.73. The highest BCUT2D eigenvalue weighted by Gasteiger charge is 2.03. The van der Waals surface area contributed by atoms with Gasteiger partial charge in [0, 0.05) is 10.0 Å². The van der Waals surface area contributed by atoms with Crippen LogP contribution in [-0.2, 0) is 6.61 Å². The van der Waals surface area contributed by atoms with Crippen LogP contribution in [0.2, 0.25) is 0 Å². The maximum Gasteiger partial charge on any atom is 0.335 e. The van der Waals surface area contributed by atoms with Crippen molar-refractivity contribution in [1.82, 2.24) is 0 Å². The fourth-order valence-corrected chi connectivity index (χ4v) is 2.62. The number of benzene rings is 3. The number of ether oxygens (including phenoxy) is 1. The molecule has 0 fully saturated rings. The summed E-state index contributed by atoms with van der Waals surface area (Å²) in [6.07, 6.45) is 1.64. The molecule has 0 amide bonds. The number of rotatable bonds is 7. The van der Waals surface area contributed by atoms with Gasteiger partial charge >= 0.3 is 5.97 Å². The molecule has 3 aromatic carbocycles. The molecular weight excluding hydrogens is 408 g/mol. The monoisotopic (exact) mass is 424 g/mol. The Morgan fingerprint density at radius 2 is 1.85 bits per heavy atom. The Kier molecular flexibility index (Phi) is 6.22. The minimum absolute atomic E-state index is 0.202. The normalized spacial score (nSPS) is 10.7. The molecule has 3 rings (SSSR count). The lowest BCUT2D eigenvalue weighted by molar-refractivity contribution is 0.0697. The Balaban J connectivity index is 1.66. The van der Waals surface area contributed by atoms with Gasteiger partial charge in [0.25, 0.3) is 0 Å². The van der Waals surface area contributed by atoms with Crippen molar-refractivity contribution in [1.29, 1.82) is 0 Å². The SMILES string of the molecule is O=C(O)c1cccc(NN=Cc2ccccc2OCc2ccc(Br)cc2)c1. The number of carbonyl (C=O) groups is 1. The maximum absolute atomic E-state index is 11.0. The van der Waals surface area contributed by atoms with Crippen LogP contribution < -0.4 is 10.2 Å². The summed E-state index contributed by atoms with van der Waals surface area (Å²) in [5, 5.41) is 13.2. The summed E-state index contributed by atoms with van der Waals surface area (Å²) in [7, 11) is 0. The minimum Gasteiger partial charge on any atom is -0.488 e. The Hall–Kier alpha value is -3.12. The molecule has 0 aliphatic carbocycles. The Labute approximate surface area is 165 Å². The van der Waals surface area contributed by atoms with E-state index in [4.69, 9.17) is 9.84 Å². The van der Waals surface area contributed by atoms with Crippen molar-refractivity contribution in [3.05, 3.63) is 94.0 Å². The van der Waals surface area contributed by atoms with Crippen molar-refractivity contribution in [2.24, 2.45) is 5.10 Å². The van der Waals surface area contributed by atoms with Gasteiger partial charge in [0.15, 0.2) is 0 Å². The van der Waals surface area contributed by atoms with E-state index in [2.05, 4.69) is 26.5 Å². The third-order valence-corrected chi connectivity index (χ3v) is 4.26. The molecule has 2 N–H and O–H groups in total. The molecule has 0 bridgehead atoms. The van der Waals surface area contributed by atoms with E-state index in [1.807, 2.05) is 48.5 Å². The molecule has 0 atom stereocenters. The summed E-state index contributed by atoms with van der Waals surface area (Å²) in [5.41, 5.74) is 5.52. The van der Waals surface area contributed by atoms with Gasteiger partial charge in [-0.15, -0.1) is 0 Å². The number of nitrogens with one attached hydrogen (secondary N) is 1. The molecule has 136 valence electrons. The van der Waals surface area contributed by atoms with Crippen LogP contribution in [0.15, 0.2) is 82.4 Å². The van der Waals surface area contributed by atoms with Crippen molar-refractivity contribution in [2.45, 2.75) is 6.61 Å². The number of hydrogen-bond donors (Lipinski definition) is 2. The molecule has 0 spiro atoms. The number of anilines is 1. The van der Waals surface area contributed by atoms with E-state index in [0.29, 0.717) is 18.0 Å². The first kappa shape index (κ1) is 18.7. The average molecular weight is 425 g/mol. The first-order valence-corrected chi connectivity index (χ1v) is 9.00. The molecule has 3 aromatic rings. The Morgan fingerprint density at radius 3 is 2.63 bits per heavy atom. The van der Waals surface area contributed by atoms with Crippen molar-refractivity contribution in [3.63, 3.8) is 0 Å². The predicted octanol–water partition coefficient (Wildman–Crippen LogP) is 5.17. The third kappa shape index (κ3) is 5.43. The molecule has 5 nitrogen and oxygen atoms in total.